The van der Waals surface area contributed by atoms with Crippen molar-refractivity contribution in [1.82, 2.24) is 14.8 Å². The van der Waals surface area contributed by atoms with Crippen LogP contribution in [0.15, 0.2) is 30.5 Å². The second-order valence-corrected chi connectivity index (χ2v) is 6.10. The molecule has 0 N–H and O–H groups in total. The maximum atomic E-state index is 12.6. The van der Waals surface area contributed by atoms with Crippen molar-refractivity contribution >= 4 is 17.8 Å². The van der Waals surface area contributed by atoms with Gasteiger partial charge in [-0.25, -0.2) is 4.79 Å². The van der Waals surface area contributed by atoms with E-state index in [1.165, 1.54) is 18.3 Å². The first-order valence-corrected chi connectivity index (χ1v) is 8.79. The maximum Gasteiger partial charge on any atom is 0.367 e. The monoisotopic (exact) mass is 355 g/mol. The van der Waals surface area contributed by atoms with E-state index in [0.29, 0.717) is 11.5 Å². The maximum absolute atomic E-state index is 12.6. The molecule has 0 unspecified atom stereocenters. The summed E-state index contributed by atoms with van der Waals surface area (Å²) in [5.41, 5.74) is 1.47. The van der Waals surface area contributed by atoms with Crippen LogP contribution in [0.1, 0.15) is 76.4 Å². The van der Waals surface area contributed by atoms with Crippen LogP contribution in [0.5, 0.6) is 0 Å². The molecule has 0 aliphatic carbocycles. The fourth-order valence-corrected chi connectivity index (χ4v) is 3.24. The molecular weight excluding hydrogens is 334 g/mol. The van der Waals surface area contributed by atoms with Crippen LogP contribution in [0.4, 0.5) is 0 Å². The average molecular weight is 355 g/mol. The number of hydrogen-bond donors (Lipinski definition) is 0. The molecule has 0 bridgehead atoms. The lowest BCUT2D eigenvalue weighted by atomic mass is 10.1. The number of aromatic nitrogens is 2. The average Bonchev–Trinajstić information content (AvgIpc) is 3.18. The Morgan fingerprint density at radius 1 is 1.08 bits per heavy atom. The summed E-state index contributed by atoms with van der Waals surface area (Å²) < 4.78 is 1.83. The van der Waals surface area contributed by atoms with Gasteiger partial charge in [0.1, 0.15) is 5.56 Å². The minimum Gasteiger partial charge on any atom is -0.324 e. The first-order chi connectivity index (χ1) is 12.5. The Hall–Kier alpha value is -2.96. The van der Waals surface area contributed by atoms with Gasteiger partial charge in [0, 0.05) is 0 Å². The number of amides is 2. The quantitative estimate of drug-likeness (QED) is 0.744. The second kappa shape index (κ2) is 7.11. The van der Waals surface area contributed by atoms with Crippen LogP contribution in [0.25, 0.3) is 0 Å². The first kappa shape index (κ1) is 17.8. The van der Waals surface area contributed by atoms with E-state index in [9.17, 15) is 14.4 Å². The van der Waals surface area contributed by atoms with Crippen LogP contribution >= 0.6 is 0 Å². The lowest BCUT2D eigenvalue weighted by Crippen LogP contribution is -2.33. The topological polar surface area (TPSA) is 81.5 Å². The molecule has 0 fully saturated rings. The lowest BCUT2D eigenvalue weighted by molar-refractivity contribution is -0.0585. The number of carbonyl (C=O) groups excluding carboxylic acids is 3. The molecule has 26 heavy (non-hydrogen) atoms. The number of hydroxylamine groups is 2. The lowest BCUT2D eigenvalue weighted by Gasteiger charge is -2.17. The summed E-state index contributed by atoms with van der Waals surface area (Å²) in [6.45, 7) is 6.05. The number of nitrogens with zero attached hydrogens (tertiary/aromatic N) is 3. The molecule has 7 nitrogen and oxygen atoms in total. The largest absolute Gasteiger partial charge is 0.367 e. The molecule has 1 aliphatic heterocycles. The Morgan fingerprint density at radius 3 is 2.15 bits per heavy atom. The molecule has 2 heterocycles. The summed E-state index contributed by atoms with van der Waals surface area (Å²) in [7, 11) is 0. The normalized spacial score (nSPS) is 13.5. The molecule has 0 spiro atoms. The van der Waals surface area contributed by atoms with Gasteiger partial charge in [-0.15, -0.1) is 0 Å². The highest BCUT2D eigenvalue weighted by molar-refractivity contribution is 6.21. The van der Waals surface area contributed by atoms with E-state index in [2.05, 4.69) is 18.9 Å². The molecule has 3 rings (SSSR count). The number of fused-ring (bicyclic) bond motifs is 1. The highest BCUT2D eigenvalue weighted by Gasteiger charge is 2.39. The summed E-state index contributed by atoms with van der Waals surface area (Å²) >= 11 is 0. The molecule has 0 saturated heterocycles. The van der Waals surface area contributed by atoms with Crippen LogP contribution in [0, 0.1) is 0 Å². The standard InChI is InChI=1S/C19H21N3O4/c1-4-12(5-2)21-16(6-3)15(11-20-21)19(25)26-22-17(23)13-9-7-8-10-14(13)18(22)24/h7-12H,4-6H2,1-3H3. The molecular formula is C19H21N3O4. The van der Waals surface area contributed by atoms with Crippen molar-refractivity contribution in [3.8, 4) is 0 Å². The summed E-state index contributed by atoms with van der Waals surface area (Å²) in [6, 6.07) is 6.57. The fourth-order valence-electron chi connectivity index (χ4n) is 3.24. The van der Waals surface area contributed by atoms with Gasteiger partial charge in [0.25, 0.3) is 11.8 Å². The van der Waals surface area contributed by atoms with Crippen LogP contribution in [-0.4, -0.2) is 32.6 Å². The molecule has 1 aromatic carbocycles. The zero-order chi connectivity index (χ0) is 18.8. The van der Waals surface area contributed by atoms with Crippen molar-refractivity contribution in [2.45, 2.75) is 46.1 Å². The van der Waals surface area contributed by atoms with Gasteiger partial charge in [0.2, 0.25) is 0 Å². The van der Waals surface area contributed by atoms with Gasteiger partial charge in [0.05, 0.1) is 29.1 Å². The van der Waals surface area contributed by atoms with Gasteiger partial charge in [-0.3, -0.25) is 14.3 Å². The smallest absolute Gasteiger partial charge is 0.324 e. The van der Waals surface area contributed by atoms with Crippen molar-refractivity contribution in [3.63, 3.8) is 0 Å². The molecule has 2 aromatic rings. The minimum absolute atomic E-state index is 0.186. The van der Waals surface area contributed by atoms with E-state index in [0.717, 1.165) is 18.5 Å². The van der Waals surface area contributed by atoms with Crippen molar-refractivity contribution in [2.75, 3.05) is 0 Å². The summed E-state index contributed by atoms with van der Waals surface area (Å²) in [6.07, 6.45) is 3.80. The molecule has 7 heteroatoms. The van der Waals surface area contributed by atoms with Gasteiger partial charge in [-0.05, 0) is 31.4 Å². The zero-order valence-electron chi connectivity index (χ0n) is 15.1. The van der Waals surface area contributed by atoms with Gasteiger partial charge < -0.3 is 4.84 Å². The number of carbonyl (C=O) groups is 3. The molecule has 0 saturated carbocycles. The summed E-state index contributed by atoms with van der Waals surface area (Å²) in [5.74, 6) is -2.03. The van der Waals surface area contributed by atoms with Gasteiger partial charge in [-0.1, -0.05) is 38.0 Å². The molecule has 136 valence electrons. The molecule has 1 aliphatic rings. The van der Waals surface area contributed by atoms with E-state index >= 15 is 0 Å². The molecule has 2 amide bonds. The Labute approximate surface area is 151 Å². The number of benzene rings is 1. The number of rotatable bonds is 6. The van der Waals surface area contributed by atoms with Crippen LogP contribution < -0.4 is 0 Å². The van der Waals surface area contributed by atoms with E-state index < -0.39 is 17.8 Å². The van der Waals surface area contributed by atoms with Gasteiger partial charge in [0.15, 0.2) is 0 Å². The van der Waals surface area contributed by atoms with Crippen molar-refractivity contribution < 1.29 is 19.2 Å². The summed E-state index contributed by atoms with van der Waals surface area (Å²) in [5, 5.41) is 4.86. The van der Waals surface area contributed by atoms with E-state index in [4.69, 9.17) is 4.84 Å². The highest BCUT2D eigenvalue weighted by Crippen LogP contribution is 2.25. The SMILES string of the molecule is CCc1c(C(=O)ON2C(=O)c3ccccc3C2=O)cnn1C(CC)CC. The Bertz CT molecular complexity index is 832. The highest BCUT2D eigenvalue weighted by atomic mass is 16.7. The predicted molar refractivity (Wildman–Crippen MR) is 93.6 cm³/mol. The van der Waals surface area contributed by atoms with Gasteiger partial charge >= 0.3 is 5.97 Å². The summed E-state index contributed by atoms with van der Waals surface area (Å²) in [4.78, 5) is 42.4. The predicted octanol–water partition coefficient (Wildman–Crippen LogP) is 3.17. The van der Waals surface area contributed by atoms with Crippen LogP contribution in [0.3, 0.4) is 0 Å². The number of hydrogen-bond acceptors (Lipinski definition) is 5. The van der Waals surface area contributed by atoms with Crippen molar-refractivity contribution in [2.24, 2.45) is 0 Å². The van der Waals surface area contributed by atoms with Crippen molar-refractivity contribution in [1.29, 1.82) is 0 Å². The molecule has 0 radical (unpaired) electrons. The number of imide groups is 1. The Morgan fingerprint density at radius 2 is 1.65 bits per heavy atom. The Kier molecular flexibility index (Phi) is 4.88. The second-order valence-electron chi connectivity index (χ2n) is 6.10. The minimum atomic E-state index is -0.756. The molecule has 0 atom stereocenters. The van der Waals surface area contributed by atoms with E-state index in [-0.39, 0.29) is 22.7 Å². The third kappa shape index (κ3) is 2.79. The van der Waals surface area contributed by atoms with E-state index in [1.54, 1.807) is 12.1 Å². The van der Waals surface area contributed by atoms with Crippen LogP contribution in [0.2, 0.25) is 0 Å². The van der Waals surface area contributed by atoms with Gasteiger partial charge in [-0.2, -0.15) is 5.10 Å². The Balaban J connectivity index is 1.86. The fraction of sp³-hybridized carbons (Fsp3) is 0.368. The zero-order valence-corrected chi connectivity index (χ0v) is 15.1. The first-order valence-electron chi connectivity index (χ1n) is 8.79. The molecule has 1 aromatic heterocycles. The third-order valence-electron chi connectivity index (χ3n) is 4.67. The third-order valence-corrected chi connectivity index (χ3v) is 4.67. The van der Waals surface area contributed by atoms with Crippen LogP contribution in [-0.2, 0) is 11.3 Å². The van der Waals surface area contributed by atoms with E-state index in [1.807, 2.05) is 11.6 Å². The van der Waals surface area contributed by atoms with Crippen molar-refractivity contribution in [3.05, 3.63) is 52.8 Å².